The van der Waals surface area contributed by atoms with Crippen LogP contribution < -0.4 is 5.11 Å². The van der Waals surface area contributed by atoms with E-state index < -0.39 is 11.0 Å². The summed E-state index contributed by atoms with van der Waals surface area (Å²) >= 11 is 0. The Kier molecular flexibility index (Phi) is 10.5. The molecule has 9 nitrogen and oxygen atoms in total. The smallest absolute Gasteiger partial charge is 0.269 e. The van der Waals surface area contributed by atoms with Crippen LogP contribution in [0.5, 0.6) is 0 Å². The lowest BCUT2D eigenvalue weighted by Gasteiger charge is -2.32. The first-order chi connectivity index (χ1) is 21.4. The fraction of sp³-hybridized carbons (Fsp3) is 0.314. The lowest BCUT2D eigenvalue weighted by Crippen LogP contribution is -2.40. The summed E-state index contributed by atoms with van der Waals surface area (Å²) in [6.45, 7) is 4.25. The Morgan fingerprint density at radius 2 is 1.68 bits per heavy atom. The van der Waals surface area contributed by atoms with Crippen LogP contribution >= 0.6 is 0 Å². The summed E-state index contributed by atoms with van der Waals surface area (Å²) in [7, 11) is 0. The van der Waals surface area contributed by atoms with Gasteiger partial charge < -0.3 is 24.3 Å². The van der Waals surface area contributed by atoms with Crippen molar-refractivity contribution in [1.82, 2.24) is 19.4 Å². The third-order valence-corrected chi connectivity index (χ3v) is 8.34. The maximum atomic E-state index is 11.7. The van der Waals surface area contributed by atoms with Crippen molar-refractivity contribution < 1.29 is 14.8 Å². The summed E-state index contributed by atoms with van der Waals surface area (Å²) in [6, 6.07) is 26.9. The number of piperidine rings is 1. The van der Waals surface area contributed by atoms with E-state index in [2.05, 4.69) is 69.2 Å². The van der Waals surface area contributed by atoms with Gasteiger partial charge in [0.15, 0.2) is 0 Å². The first kappa shape index (κ1) is 30.7. The number of nitro benzene ring substituents is 1. The summed E-state index contributed by atoms with van der Waals surface area (Å²) in [5, 5.41) is 22.5. The van der Waals surface area contributed by atoms with E-state index in [0.29, 0.717) is 17.4 Å². The Hall–Kier alpha value is -4.76. The molecule has 1 atom stereocenters. The van der Waals surface area contributed by atoms with E-state index in [1.807, 2.05) is 30.6 Å². The molecule has 1 fully saturated rings. The van der Waals surface area contributed by atoms with Gasteiger partial charge in [0.25, 0.3) is 5.69 Å². The Balaban J connectivity index is 1.10. The van der Waals surface area contributed by atoms with Gasteiger partial charge in [-0.15, -0.1) is 0 Å². The van der Waals surface area contributed by atoms with E-state index in [1.54, 1.807) is 12.1 Å². The number of hydrogen-bond acceptors (Lipinski definition) is 6. The quantitative estimate of drug-likeness (QED) is 0.111. The van der Waals surface area contributed by atoms with Crippen molar-refractivity contribution in [3.05, 3.63) is 131 Å². The number of likely N-dealkylation sites (tertiary alicyclic amines) is 1. The number of benzene rings is 3. The molecule has 5 rings (SSSR count). The number of nitro groups is 1. The van der Waals surface area contributed by atoms with Crippen LogP contribution in [0.4, 0.5) is 10.5 Å². The molecule has 1 aliphatic rings. The predicted molar refractivity (Wildman–Crippen MR) is 169 cm³/mol. The van der Waals surface area contributed by atoms with Crippen LogP contribution in [0.25, 0.3) is 11.3 Å². The highest BCUT2D eigenvalue weighted by molar-refractivity contribution is 5.62. The van der Waals surface area contributed by atoms with Crippen molar-refractivity contribution in [2.24, 2.45) is 5.92 Å². The molecule has 9 heteroatoms. The average Bonchev–Trinajstić information content (AvgIpc) is 3.53. The minimum atomic E-state index is -1.26. The minimum absolute atomic E-state index is 0.0220. The monoisotopic (exact) mass is 592 g/mol. The molecule has 0 radical (unpaired) electrons. The van der Waals surface area contributed by atoms with Gasteiger partial charge in [-0.3, -0.25) is 10.1 Å². The SMILES string of the molecule is O=C([O-])N(CC=CC1CCN(CCC(Cn2cnc(-c3ccccc3)c2)c2ccccc2)CC1)Cc1ccc([N+](=O)[O-])cc1. The molecule has 3 aromatic carbocycles. The lowest BCUT2D eigenvalue weighted by atomic mass is 9.93. The summed E-state index contributed by atoms with van der Waals surface area (Å²) in [4.78, 5) is 30.5. The van der Waals surface area contributed by atoms with E-state index in [4.69, 9.17) is 0 Å². The van der Waals surface area contributed by atoms with Gasteiger partial charge in [-0.25, -0.2) is 4.98 Å². The van der Waals surface area contributed by atoms with Gasteiger partial charge in [-0.05, 0) is 55.9 Å². The summed E-state index contributed by atoms with van der Waals surface area (Å²) in [6.07, 6.45) is 9.95. The van der Waals surface area contributed by atoms with E-state index in [1.165, 1.54) is 22.6 Å². The topological polar surface area (TPSA) is 108 Å². The molecular weight excluding hydrogens is 554 g/mol. The van der Waals surface area contributed by atoms with Gasteiger partial charge >= 0.3 is 0 Å². The molecule has 2 heterocycles. The van der Waals surface area contributed by atoms with Gasteiger partial charge in [0, 0.05) is 49.4 Å². The third kappa shape index (κ3) is 8.64. The van der Waals surface area contributed by atoms with Crippen LogP contribution in [0.1, 0.15) is 36.3 Å². The number of imidazole rings is 1. The second-order valence-electron chi connectivity index (χ2n) is 11.4. The molecule has 1 unspecified atom stereocenters. The molecule has 0 aliphatic carbocycles. The van der Waals surface area contributed by atoms with Crippen LogP contribution in [0, 0.1) is 16.0 Å². The van der Waals surface area contributed by atoms with Gasteiger partial charge in [0.05, 0.1) is 16.9 Å². The molecule has 1 aliphatic heterocycles. The Morgan fingerprint density at radius 3 is 2.34 bits per heavy atom. The molecule has 1 saturated heterocycles. The summed E-state index contributed by atoms with van der Waals surface area (Å²) < 4.78 is 2.20. The fourth-order valence-electron chi connectivity index (χ4n) is 5.80. The molecule has 44 heavy (non-hydrogen) atoms. The molecular formula is C35H38N5O4-. The van der Waals surface area contributed by atoms with Crippen molar-refractivity contribution in [1.29, 1.82) is 0 Å². The molecule has 1 amide bonds. The standard InChI is InChI=1S/C35H39N5O4/c41-35(42)39(24-29-13-15-33(16-14-29)40(43)44)20-7-8-28-17-21-37(22-18-28)23-19-32(30-9-3-1-4-10-30)25-38-26-34(36-27-38)31-11-5-2-6-12-31/h1-16,26-28,32H,17-25H2,(H,41,42)/p-1. The third-order valence-electron chi connectivity index (χ3n) is 8.34. The zero-order valence-corrected chi connectivity index (χ0v) is 24.8. The van der Waals surface area contributed by atoms with Crippen LogP contribution in [-0.4, -0.2) is 56.5 Å². The average molecular weight is 593 g/mol. The lowest BCUT2D eigenvalue weighted by molar-refractivity contribution is -0.384. The van der Waals surface area contributed by atoms with Gasteiger partial charge in [-0.2, -0.15) is 0 Å². The predicted octanol–water partition coefficient (Wildman–Crippen LogP) is 5.75. The first-order valence-corrected chi connectivity index (χ1v) is 15.1. The number of allylic oxidation sites excluding steroid dienone is 1. The second-order valence-corrected chi connectivity index (χ2v) is 11.4. The van der Waals surface area contributed by atoms with Gasteiger partial charge in [-0.1, -0.05) is 84.9 Å². The van der Waals surface area contributed by atoms with Gasteiger partial charge in [0.1, 0.15) is 6.09 Å². The summed E-state index contributed by atoms with van der Waals surface area (Å²) in [5.74, 6) is 0.777. The minimum Gasteiger partial charge on any atom is -0.530 e. The zero-order valence-electron chi connectivity index (χ0n) is 24.8. The Bertz CT molecular complexity index is 1510. The highest BCUT2D eigenvalue weighted by atomic mass is 16.6. The number of rotatable bonds is 13. The maximum absolute atomic E-state index is 11.7. The van der Waals surface area contributed by atoms with Crippen LogP contribution in [0.3, 0.4) is 0 Å². The van der Waals surface area contributed by atoms with E-state index >= 15 is 0 Å². The number of carbonyl (C=O) groups is 1. The Labute approximate surface area is 258 Å². The maximum Gasteiger partial charge on any atom is 0.269 e. The number of carboxylic acid groups (broad SMARTS) is 1. The number of aromatic nitrogens is 2. The Morgan fingerprint density at radius 1 is 1.00 bits per heavy atom. The van der Waals surface area contributed by atoms with Crippen LogP contribution in [-0.2, 0) is 13.1 Å². The van der Waals surface area contributed by atoms with Crippen LogP contribution in [0.15, 0.2) is 110 Å². The van der Waals surface area contributed by atoms with Crippen molar-refractivity contribution in [3.63, 3.8) is 0 Å². The molecule has 0 spiro atoms. The number of amides is 1. The zero-order chi connectivity index (χ0) is 30.7. The molecule has 0 saturated carbocycles. The van der Waals surface area contributed by atoms with Crippen molar-refractivity contribution >= 4 is 11.8 Å². The first-order valence-electron chi connectivity index (χ1n) is 15.1. The highest BCUT2D eigenvalue weighted by Crippen LogP contribution is 2.26. The van der Waals surface area contributed by atoms with E-state index in [0.717, 1.165) is 56.7 Å². The molecule has 0 N–H and O–H groups in total. The van der Waals surface area contributed by atoms with Crippen molar-refractivity contribution in [3.8, 4) is 11.3 Å². The largest absolute Gasteiger partial charge is 0.530 e. The summed E-state index contributed by atoms with van der Waals surface area (Å²) in [5.41, 5.74) is 4.11. The van der Waals surface area contributed by atoms with Gasteiger partial charge in [0.2, 0.25) is 0 Å². The molecule has 4 aromatic rings. The molecule has 1 aromatic heterocycles. The molecule has 228 valence electrons. The normalized spacial score (nSPS) is 14.9. The van der Waals surface area contributed by atoms with E-state index in [9.17, 15) is 20.0 Å². The van der Waals surface area contributed by atoms with E-state index in [-0.39, 0.29) is 18.8 Å². The van der Waals surface area contributed by atoms with Crippen molar-refractivity contribution in [2.75, 3.05) is 26.2 Å². The van der Waals surface area contributed by atoms with Crippen molar-refractivity contribution in [2.45, 2.75) is 38.3 Å². The second kappa shape index (κ2) is 15.1. The number of nitrogens with zero attached hydrogens (tertiary/aromatic N) is 5. The number of hydrogen-bond donors (Lipinski definition) is 0. The number of carbonyl (C=O) groups excluding carboxylic acids is 1. The molecule has 0 bridgehead atoms. The number of non-ortho nitro benzene ring substituents is 1. The fourth-order valence-corrected chi connectivity index (χ4v) is 5.80. The van der Waals surface area contributed by atoms with Crippen LogP contribution in [0.2, 0.25) is 0 Å². The highest BCUT2D eigenvalue weighted by Gasteiger charge is 2.20.